The van der Waals surface area contributed by atoms with E-state index >= 15 is 0 Å². The first-order valence-corrected chi connectivity index (χ1v) is 6.85. The Hall–Kier alpha value is -1.67. The lowest BCUT2D eigenvalue weighted by Crippen LogP contribution is -2.35. The van der Waals surface area contributed by atoms with Crippen molar-refractivity contribution >= 4 is 0 Å². The average molecular weight is 253 g/mol. The van der Waals surface area contributed by atoms with Crippen molar-refractivity contribution in [3.8, 4) is 11.1 Å². The van der Waals surface area contributed by atoms with Crippen molar-refractivity contribution in [1.29, 1.82) is 0 Å². The Morgan fingerprint density at radius 3 is 2.84 bits per heavy atom. The second kappa shape index (κ2) is 3.91. The molecule has 1 atom stereocenters. The Morgan fingerprint density at radius 1 is 1.11 bits per heavy atom. The Bertz CT molecular complexity index is 662. The standard InChI is InChI=1S/C17H16FN/c1-19-7-6-12-8-13(18)10-15-14-5-3-2-4-11(14)9-16(19)17(12)15/h2-5,8,10,16H,6-7,9H2,1H3/t16-/m1/s1. The first kappa shape index (κ1) is 11.2. The van der Waals surface area contributed by atoms with E-state index in [0.29, 0.717) is 6.04 Å². The van der Waals surface area contributed by atoms with E-state index in [0.717, 1.165) is 24.9 Å². The maximum atomic E-state index is 13.9. The summed E-state index contributed by atoms with van der Waals surface area (Å²) in [6, 6.07) is 12.3. The molecule has 0 amide bonds. The van der Waals surface area contributed by atoms with Gasteiger partial charge in [-0.3, -0.25) is 4.90 Å². The highest BCUT2D eigenvalue weighted by Crippen LogP contribution is 2.44. The van der Waals surface area contributed by atoms with E-state index in [9.17, 15) is 4.39 Å². The number of hydrogen-bond donors (Lipinski definition) is 0. The molecule has 96 valence electrons. The predicted octanol–water partition coefficient (Wildman–Crippen LogP) is 3.58. The Kier molecular flexibility index (Phi) is 2.30. The van der Waals surface area contributed by atoms with E-state index in [1.165, 1.54) is 22.3 Å². The molecule has 0 saturated carbocycles. The van der Waals surface area contributed by atoms with Crippen LogP contribution in [0.1, 0.15) is 22.7 Å². The summed E-state index contributed by atoms with van der Waals surface area (Å²) in [6.45, 7) is 1.02. The summed E-state index contributed by atoms with van der Waals surface area (Å²) in [7, 11) is 2.18. The maximum absolute atomic E-state index is 13.9. The number of rotatable bonds is 0. The first-order valence-electron chi connectivity index (χ1n) is 6.85. The van der Waals surface area contributed by atoms with Crippen LogP contribution in [0.5, 0.6) is 0 Å². The van der Waals surface area contributed by atoms with Crippen molar-refractivity contribution in [3.05, 3.63) is 58.9 Å². The average Bonchev–Trinajstić information content (AvgIpc) is 2.42. The van der Waals surface area contributed by atoms with Crippen molar-refractivity contribution in [1.82, 2.24) is 4.90 Å². The van der Waals surface area contributed by atoms with Crippen LogP contribution >= 0.6 is 0 Å². The van der Waals surface area contributed by atoms with Gasteiger partial charge in [-0.25, -0.2) is 4.39 Å². The molecule has 1 aliphatic carbocycles. The summed E-state index contributed by atoms with van der Waals surface area (Å²) in [5, 5.41) is 0. The predicted molar refractivity (Wildman–Crippen MR) is 74.6 cm³/mol. The van der Waals surface area contributed by atoms with Crippen LogP contribution in [0, 0.1) is 5.82 Å². The largest absolute Gasteiger partial charge is 0.299 e. The molecule has 0 spiro atoms. The van der Waals surface area contributed by atoms with E-state index in [1.807, 2.05) is 6.07 Å². The first-order chi connectivity index (χ1) is 9.24. The third-order valence-electron chi connectivity index (χ3n) is 4.55. The molecule has 1 nitrogen and oxygen atoms in total. The molecule has 1 heterocycles. The molecule has 2 heteroatoms. The topological polar surface area (TPSA) is 3.24 Å². The lowest BCUT2D eigenvalue weighted by molar-refractivity contribution is 0.228. The number of fused-ring (bicyclic) bond motifs is 2. The van der Waals surface area contributed by atoms with Gasteiger partial charge in [-0.05, 0) is 59.8 Å². The van der Waals surface area contributed by atoms with Gasteiger partial charge in [0.15, 0.2) is 0 Å². The number of hydrogen-bond acceptors (Lipinski definition) is 1. The van der Waals surface area contributed by atoms with Gasteiger partial charge in [-0.2, -0.15) is 0 Å². The highest BCUT2D eigenvalue weighted by molar-refractivity contribution is 5.75. The van der Waals surface area contributed by atoms with Gasteiger partial charge < -0.3 is 0 Å². The summed E-state index contributed by atoms with van der Waals surface area (Å²) in [4.78, 5) is 2.40. The SMILES string of the molecule is CN1CCc2cc(F)cc3c2[C@H]1Cc1ccccc1-3. The van der Waals surface area contributed by atoms with Gasteiger partial charge in [0.25, 0.3) is 0 Å². The van der Waals surface area contributed by atoms with E-state index in [2.05, 4.69) is 30.1 Å². The lowest BCUT2D eigenvalue weighted by Gasteiger charge is -2.39. The van der Waals surface area contributed by atoms with Gasteiger partial charge >= 0.3 is 0 Å². The van der Waals surface area contributed by atoms with Crippen LogP contribution in [-0.2, 0) is 12.8 Å². The smallest absolute Gasteiger partial charge is 0.124 e. The van der Waals surface area contributed by atoms with Crippen molar-refractivity contribution in [2.24, 2.45) is 0 Å². The molecule has 19 heavy (non-hydrogen) atoms. The fourth-order valence-corrected chi connectivity index (χ4v) is 3.60. The van der Waals surface area contributed by atoms with Gasteiger partial charge in [0.2, 0.25) is 0 Å². The number of nitrogens with zero attached hydrogens (tertiary/aromatic N) is 1. The molecule has 2 aromatic rings. The Morgan fingerprint density at radius 2 is 1.95 bits per heavy atom. The molecule has 4 rings (SSSR count). The fourth-order valence-electron chi connectivity index (χ4n) is 3.60. The highest BCUT2D eigenvalue weighted by Gasteiger charge is 2.32. The monoisotopic (exact) mass is 253 g/mol. The molecule has 0 unspecified atom stereocenters. The molecule has 0 aromatic heterocycles. The molecule has 0 radical (unpaired) electrons. The van der Waals surface area contributed by atoms with Gasteiger partial charge in [0.1, 0.15) is 5.82 Å². The summed E-state index contributed by atoms with van der Waals surface area (Å²) in [6.07, 6.45) is 1.99. The zero-order chi connectivity index (χ0) is 13.0. The van der Waals surface area contributed by atoms with Gasteiger partial charge in [-0.15, -0.1) is 0 Å². The van der Waals surface area contributed by atoms with Gasteiger partial charge in [0.05, 0.1) is 0 Å². The third kappa shape index (κ3) is 1.56. The van der Waals surface area contributed by atoms with Crippen LogP contribution < -0.4 is 0 Å². The van der Waals surface area contributed by atoms with Crippen molar-refractivity contribution in [3.63, 3.8) is 0 Å². The minimum atomic E-state index is -0.103. The fraction of sp³-hybridized carbons (Fsp3) is 0.294. The van der Waals surface area contributed by atoms with Gasteiger partial charge in [-0.1, -0.05) is 24.3 Å². The van der Waals surface area contributed by atoms with E-state index in [-0.39, 0.29) is 5.82 Å². The molecular formula is C17H16FN. The van der Waals surface area contributed by atoms with E-state index in [4.69, 9.17) is 0 Å². The normalized spacial score (nSPS) is 20.8. The quantitative estimate of drug-likeness (QED) is 0.693. The molecule has 0 bridgehead atoms. The van der Waals surface area contributed by atoms with Crippen LogP contribution in [0.3, 0.4) is 0 Å². The Balaban J connectivity index is 2.05. The van der Waals surface area contributed by atoms with Crippen LogP contribution in [0.4, 0.5) is 4.39 Å². The molecule has 0 fully saturated rings. The maximum Gasteiger partial charge on any atom is 0.124 e. The van der Waals surface area contributed by atoms with Crippen LogP contribution in [0.15, 0.2) is 36.4 Å². The molecule has 2 aromatic carbocycles. The lowest BCUT2D eigenvalue weighted by atomic mass is 9.77. The minimum absolute atomic E-state index is 0.103. The summed E-state index contributed by atoms with van der Waals surface area (Å²) in [5.41, 5.74) is 6.21. The second-order valence-electron chi connectivity index (χ2n) is 5.63. The third-order valence-corrected chi connectivity index (χ3v) is 4.55. The van der Waals surface area contributed by atoms with Gasteiger partial charge in [0, 0.05) is 12.6 Å². The molecule has 0 saturated heterocycles. The number of likely N-dealkylation sites (N-methyl/N-ethyl adjacent to an activating group) is 1. The van der Waals surface area contributed by atoms with E-state index < -0.39 is 0 Å². The van der Waals surface area contributed by atoms with Crippen molar-refractivity contribution in [2.45, 2.75) is 18.9 Å². The zero-order valence-electron chi connectivity index (χ0n) is 11.0. The number of halogens is 1. The molecule has 1 aliphatic heterocycles. The van der Waals surface area contributed by atoms with Crippen molar-refractivity contribution < 1.29 is 4.39 Å². The highest BCUT2D eigenvalue weighted by atomic mass is 19.1. The summed E-state index contributed by atoms with van der Waals surface area (Å²) >= 11 is 0. The van der Waals surface area contributed by atoms with Crippen LogP contribution in [0.25, 0.3) is 11.1 Å². The summed E-state index contributed by atoms with van der Waals surface area (Å²) < 4.78 is 13.9. The molecule has 2 aliphatic rings. The Labute approximate surface area is 112 Å². The second-order valence-corrected chi connectivity index (χ2v) is 5.63. The minimum Gasteiger partial charge on any atom is -0.299 e. The molecule has 0 N–H and O–H groups in total. The number of benzene rings is 2. The zero-order valence-corrected chi connectivity index (χ0v) is 11.0. The van der Waals surface area contributed by atoms with Crippen molar-refractivity contribution in [2.75, 3.05) is 13.6 Å². The van der Waals surface area contributed by atoms with Crippen LogP contribution in [-0.4, -0.2) is 18.5 Å². The summed E-state index contributed by atoms with van der Waals surface area (Å²) in [5.74, 6) is -0.103. The molecular weight excluding hydrogens is 237 g/mol. The van der Waals surface area contributed by atoms with Crippen LogP contribution in [0.2, 0.25) is 0 Å². The van der Waals surface area contributed by atoms with E-state index in [1.54, 1.807) is 12.1 Å².